The van der Waals surface area contributed by atoms with Crippen molar-refractivity contribution in [2.45, 2.75) is 25.5 Å². The van der Waals surface area contributed by atoms with Gasteiger partial charge in [-0.2, -0.15) is 8.42 Å². The number of piperazine rings is 1. The lowest BCUT2D eigenvalue weighted by Crippen LogP contribution is -2.57. The molecule has 2 unspecified atom stereocenters. The molecule has 182 valence electrons. The number of halogens is 1. The number of benzene rings is 1. The molecule has 2 aliphatic heterocycles. The van der Waals surface area contributed by atoms with Gasteiger partial charge in [-0.25, -0.2) is 9.37 Å². The van der Waals surface area contributed by atoms with Crippen molar-refractivity contribution in [2.75, 3.05) is 43.9 Å². The molecular formula is C23H27FN4O5S. The van der Waals surface area contributed by atoms with Crippen LogP contribution in [0.3, 0.4) is 0 Å². The minimum atomic E-state index is -3.52. The Balaban J connectivity index is 1.15. The first-order valence-electron chi connectivity index (χ1n) is 11.3. The maximum absolute atomic E-state index is 13.7. The van der Waals surface area contributed by atoms with Gasteiger partial charge in [-0.3, -0.25) is 9.08 Å². The van der Waals surface area contributed by atoms with Crippen molar-refractivity contribution in [3.63, 3.8) is 0 Å². The quantitative estimate of drug-likeness (QED) is 0.463. The Morgan fingerprint density at radius 1 is 1.18 bits per heavy atom. The van der Waals surface area contributed by atoms with Gasteiger partial charge in [-0.15, -0.1) is 0 Å². The zero-order chi connectivity index (χ0) is 23.7. The van der Waals surface area contributed by atoms with Crippen molar-refractivity contribution in [2.24, 2.45) is 5.92 Å². The van der Waals surface area contributed by atoms with Gasteiger partial charge in [0.2, 0.25) is 5.88 Å². The van der Waals surface area contributed by atoms with Crippen LogP contribution in [0.15, 0.2) is 40.9 Å². The van der Waals surface area contributed by atoms with Crippen LogP contribution in [-0.4, -0.2) is 68.5 Å². The molecule has 9 nitrogen and oxygen atoms in total. The molecule has 4 heterocycles. The average Bonchev–Trinajstić information content (AvgIpc) is 3.24. The summed E-state index contributed by atoms with van der Waals surface area (Å²) in [7, 11) is -3.52. The lowest BCUT2D eigenvalue weighted by Gasteiger charge is -2.46. The minimum Gasteiger partial charge on any atom is -0.477 e. The first-order valence-corrected chi connectivity index (χ1v) is 13.1. The molecule has 3 aromatic rings. The molecule has 2 aromatic heterocycles. The van der Waals surface area contributed by atoms with E-state index in [0.29, 0.717) is 46.9 Å². The van der Waals surface area contributed by atoms with Gasteiger partial charge in [0.25, 0.3) is 10.1 Å². The van der Waals surface area contributed by atoms with E-state index in [-0.39, 0.29) is 12.4 Å². The Morgan fingerprint density at radius 2 is 2.06 bits per heavy atom. The lowest BCUT2D eigenvalue weighted by molar-refractivity contribution is 0.0716. The van der Waals surface area contributed by atoms with Crippen LogP contribution < -0.4 is 9.64 Å². The number of hydrogen-bond donors (Lipinski definition) is 0. The Kier molecular flexibility index (Phi) is 6.41. The minimum absolute atomic E-state index is 0.112. The summed E-state index contributed by atoms with van der Waals surface area (Å²) in [6.07, 6.45) is 3.07. The molecule has 0 aliphatic carbocycles. The predicted octanol–water partition coefficient (Wildman–Crippen LogP) is 2.82. The first kappa shape index (κ1) is 23.0. The van der Waals surface area contributed by atoms with Crippen LogP contribution in [0.1, 0.15) is 18.5 Å². The molecule has 34 heavy (non-hydrogen) atoms. The number of ether oxygens (including phenoxy) is 1. The topological polar surface area (TPSA) is 98.0 Å². The fraction of sp³-hybridized carbons (Fsp3) is 0.478. The van der Waals surface area contributed by atoms with Gasteiger partial charge in [-0.1, -0.05) is 11.2 Å². The van der Waals surface area contributed by atoms with Gasteiger partial charge in [0.15, 0.2) is 11.4 Å². The number of nitrogens with zero attached hydrogens (tertiary/aromatic N) is 4. The van der Waals surface area contributed by atoms with Crippen LogP contribution in [0, 0.1) is 11.7 Å². The van der Waals surface area contributed by atoms with E-state index in [1.807, 2.05) is 0 Å². The van der Waals surface area contributed by atoms with Gasteiger partial charge in [0.1, 0.15) is 12.4 Å². The van der Waals surface area contributed by atoms with Crippen molar-refractivity contribution in [3.8, 4) is 5.88 Å². The SMILES string of the molecule is CS(=O)(=O)OCc1cccc(OCC2CCC3CN(c4noc5ccc(F)cc45)CCN3C2)n1. The van der Waals surface area contributed by atoms with E-state index in [1.165, 1.54) is 12.1 Å². The van der Waals surface area contributed by atoms with Crippen molar-refractivity contribution >= 4 is 26.9 Å². The highest BCUT2D eigenvalue weighted by molar-refractivity contribution is 7.85. The summed E-state index contributed by atoms with van der Waals surface area (Å²) in [5.41, 5.74) is 1.10. The zero-order valence-electron chi connectivity index (χ0n) is 18.9. The van der Waals surface area contributed by atoms with Crippen molar-refractivity contribution < 1.29 is 26.3 Å². The summed E-state index contributed by atoms with van der Waals surface area (Å²) in [5.74, 6) is 1.26. The molecule has 1 aromatic carbocycles. The van der Waals surface area contributed by atoms with Gasteiger partial charge >= 0.3 is 0 Å². The molecule has 0 radical (unpaired) electrons. The number of piperidine rings is 1. The highest BCUT2D eigenvalue weighted by Crippen LogP contribution is 2.31. The second-order valence-corrected chi connectivity index (χ2v) is 10.6. The van der Waals surface area contributed by atoms with Crippen LogP contribution >= 0.6 is 0 Å². The number of anilines is 1. The van der Waals surface area contributed by atoms with Crippen molar-refractivity contribution in [3.05, 3.63) is 47.9 Å². The van der Waals surface area contributed by atoms with E-state index in [2.05, 4.69) is 19.9 Å². The monoisotopic (exact) mass is 490 g/mol. The van der Waals surface area contributed by atoms with E-state index in [9.17, 15) is 12.8 Å². The van der Waals surface area contributed by atoms with Gasteiger partial charge in [-0.05, 0) is 37.1 Å². The van der Waals surface area contributed by atoms with Gasteiger partial charge < -0.3 is 14.2 Å². The molecule has 0 bridgehead atoms. The summed E-state index contributed by atoms with van der Waals surface area (Å²) >= 11 is 0. The molecule has 11 heteroatoms. The van der Waals surface area contributed by atoms with Crippen LogP contribution in [-0.2, 0) is 20.9 Å². The third-order valence-corrected chi connectivity index (χ3v) is 6.93. The van der Waals surface area contributed by atoms with Crippen LogP contribution in [0.2, 0.25) is 0 Å². The van der Waals surface area contributed by atoms with Crippen LogP contribution in [0.4, 0.5) is 10.2 Å². The second-order valence-electron chi connectivity index (χ2n) is 8.93. The number of aromatic nitrogens is 2. The predicted molar refractivity (Wildman–Crippen MR) is 124 cm³/mol. The molecule has 2 fully saturated rings. The van der Waals surface area contributed by atoms with Crippen molar-refractivity contribution in [1.29, 1.82) is 0 Å². The number of hydrogen-bond acceptors (Lipinski definition) is 9. The maximum atomic E-state index is 13.7. The number of rotatable bonds is 7. The largest absolute Gasteiger partial charge is 0.477 e. The van der Waals surface area contributed by atoms with E-state index in [0.717, 1.165) is 45.3 Å². The smallest absolute Gasteiger partial charge is 0.264 e. The first-order chi connectivity index (χ1) is 16.3. The third-order valence-electron chi connectivity index (χ3n) is 6.39. The van der Waals surface area contributed by atoms with E-state index in [4.69, 9.17) is 13.4 Å². The Hall–Kier alpha value is -2.76. The summed E-state index contributed by atoms with van der Waals surface area (Å²) in [4.78, 5) is 9.02. The van der Waals surface area contributed by atoms with Gasteiger partial charge in [0, 0.05) is 44.2 Å². The lowest BCUT2D eigenvalue weighted by atomic mass is 9.91. The molecule has 0 spiro atoms. The highest BCUT2D eigenvalue weighted by atomic mass is 32.2. The van der Waals surface area contributed by atoms with E-state index < -0.39 is 10.1 Å². The highest BCUT2D eigenvalue weighted by Gasteiger charge is 2.34. The van der Waals surface area contributed by atoms with E-state index >= 15 is 0 Å². The second kappa shape index (κ2) is 9.47. The third kappa shape index (κ3) is 5.31. The molecule has 0 amide bonds. The molecule has 2 aliphatic rings. The summed E-state index contributed by atoms with van der Waals surface area (Å²) < 4.78 is 52.2. The Morgan fingerprint density at radius 3 is 2.91 bits per heavy atom. The summed E-state index contributed by atoms with van der Waals surface area (Å²) in [6, 6.07) is 10.1. The fourth-order valence-corrected chi connectivity index (χ4v) is 5.04. The molecule has 0 saturated carbocycles. The van der Waals surface area contributed by atoms with Gasteiger partial charge in [0.05, 0.1) is 23.9 Å². The summed E-state index contributed by atoms with van der Waals surface area (Å²) in [6.45, 7) is 3.88. The molecule has 2 atom stereocenters. The maximum Gasteiger partial charge on any atom is 0.264 e. The van der Waals surface area contributed by atoms with E-state index in [1.54, 1.807) is 24.3 Å². The van der Waals surface area contributed by atoms with Crippen LogP contribution in [0.5, 0.6) is 5.88 Å². The number of pyridine rings is 1. The fourth-order valence-electron chi connectivity index (χ4n) is 4.70. The standard InChI is InChI=1S/C23H27FN4O5S/c1-34(29,30)32-15-18-3-2-4-22(25-18)31-14-16-5-7-19-13-28(10-9-27(19)12-16)23-20-11-17(24)6-8-21(20)33-26-23/h2-4,6,8,11,16,19H,5,7,9-10,12-15H2,1H3. The molecule has 5 rings (SSSR count). The normalized spacial score (nSPS) is 21.5. The van der Waals surface area contributed by atoms with Crippen LogP contribution in [0.25, 0.3) is 11.0 Å². The Bertz CT molecular complexity index is 1270. The molecule has 0 N–H and O–H groups in total. The number of fused-ring (bicyclic) bond motifs is 2. The average molecular weight is 491 g/mol. The molecule has 2 saturated heterocycles. The Labute approximate surface area is 197 Å². The van der Waals surface area contributed by atoms with Crippen molar-refractivity contribution in [1.82, 2.24) is 15.0 Å². The molecular weight excluding hydrogens is 463 g/mol. The zero-order valence-corrected chi connectivity index (χ0v) is 19.7. The summed E-state index contributed by atoms with van der Waals surface area (Å²) in [5, 5.41) is 4.92.